The van der Waals surface area contributed by atoms with E-state index < -0.39 is 10.4 Å². The molecule has 0 saturated carbocycles. The van der Waals surface area contributed by atoms with Gasteiger partial charge in [0, 0.05) is 0 Å². The molecule has 1 aliphatic heterocycles. The van der Waals surface area contributed by atoms with Crippen molar-refractivity contribution < 1.29 is 21.5 Å². The summed E-state index contributed by atoms with van der Waals surface area (Å²) in [4.78, 5) is 0. The summed E-state index contributed by atoms with van der Waals surface area (Å²) in [6.45, 7) is 7.50. The van der Waals surface area contributed by atoms with E-state index in [2.05, 4.69) is 19.7 Å². The van der Waals surface area contributed by atoms with Crippen LogP contribution >= 0.6 is 0 Å². The molecule has 0 aromatic rings. The van der Waals surface area contributed by atoms with Crippen LogP contribution in [0.3, 0.4) is 0 Å². The lowest BCUT2D eigenvalue weighted by molar-refractivity contribution is 0.225. The van der Waals surface area contributed by atoms with Crippen molar-refractivity contribution in [2.75, 3.05) is 26.4 Å². The summed E-state index contributed by atoms with van der Waals surface area (Å²) >= 11 is 0. The van der Waals surface area contributed by atoms with Crippen molar-refractivity contribution in [1.29, 1.82) is 0 Å². The minimum absolute atomic E-state index is 0.0455. The van der Waals surface area contributed by atoms with Crippen molar-refractivity contribution in [2.24, 2.45) is 0 Å². The highest BCUT2D eigenvalue weighted by Crippen LogP contribution is 2.00. The first-order chi connectivity index (χ1) is 7.62. The van der Waals surface area contributed by atoms with Crippen LogP contribution in [0.5, 0.6) is 0 Å². The van der Waals surface area contributed by atoms with Crippen LogP contribution in [0.15, 0.2) is 12.7 Å². The zero-order valence-corrected chi connectivity index (χ0v) is 10.5. The second-order valence-corrected chi connectivity index (χ2v) is 4.41. The highest BCUT2D eigenvalue weighted by atomic mass is 32.3. The molecule has 0 spiro atoms. The molecule has 0 aliphatic carbocycles. The van der Waals surface area contributed by atoms with Gasteiger partial charge in [0.25, 0.3) is 0 Å². The Bertz CT molecular complexity index is 256. The van der Waals surface area contributed by atoms with E-state index in [9.17, 15) is 8.42 Å². The van der Waals surface area contributed by atoms with E-state index in [0.717, 1.165) is 32.5 Å². The van der Waals surface area contributed by atoms with Gasteiger partial charge in [-0.3, -0.25) is 0 Å². The summed E-state index contributed by atoms with van der Waals surface area (Å²) < 4.78 is 35.1. The fourth-order valence-electron chi connectivity index (χ4n) is 0.679. The molecular weight excluding hydrogens is 232 g/mol. The highest BCUT2D eigenvalue weighted by molar-refractivity contribution is 7.81. The van der Waals surface area contributed by atoms with E-state index >= 15 is 0 Å². The first-order valence-electron chi connectivity index (χ1n) is 5.34. The molecule has 1 saturated heterocycles. The highest BCUT2D eigenvalue weighted by Gasteiger charge is 2.09. The predicted molar refractivity (Wildman–Crippen MR) is 61.4 cm³/mol. The number of epoxide rings is 1. The van der Waals surface area contributed by atoms with Crippen LogP contribution in [0.2, 0.25) is 0 Å². The zero-order chi connectivity index (χ0) is 12.3. The SMILES string of the molecule is C1CO1.C=CCOS(=O)(=O)OCCCCC. The Kier molecular flexibility index (Phi) is 9.51. The zero-order valence-electron chi connectivity index (χ0n) is 9.68. The molecule has 6 heteroatoms. The molecule has 16 heavy (non-hydrogen) atoms. The van der Waals surface area contributed by atoms with Crippen LogP contribution in [0.25, 0.3) is 0 Å². The number of ether oxygens (including phenoxy) is 1. The third kappa shape index (κ3) is 13.6. The Hall–Kier alpha value is -0.430. The van der Waals surface area contributed by atoms with E-state index in [-0.39, 0.29) is 13.2 Å². The van der Waals surface area contributed by atoms with Gasteiger partial charge in [0.05, 0.1) is 26.4 Å². The molecule has 0 amide bonds. The first-order valence-corrected chi connectivity index (χ1v) is 6.68. The summed E-state index contributed by atoms with van der Waals surface area (Å²) in [7, 11) is -3.80. The molecule has 0 unspecified atom stereocenters. The molecule has 5 nitrogen and oxygen atoms in total. The van der Waals surface area contributed by atoms with Gasteiger partial charge < -0.3 is 4.74 Å². The molecule has 1 fully saturated rings. The molecule has 1 rings (SSSR count). The van der Waals surface area contributed by atoms with E-state index in [1.165, 1.54) is 6.08 Å². The van der Waals surface area contributed by atoms with Crippen molar-refractivity contribution in [3.05, 3.63) is 12.7 Å². The molecule has 1 heterocycles. The second-order valence-electron chi connectivity index (χ2n) is 3.12. The Balaban J connectivity index is 0.000000635. The largest absolute Gasteiger partial charge is 0.400 e. The van der Waals surface area contributed by atoms with Gasteiger partial charge in [-0.2, -0.15) is 8.42 Å². The van der Waals surface area contributed by atoms with E-state index in [4.69, 9.17) is 0 Å². The molecule has 0 aromatic heterocycles. The normalized spacial score (nSPS) is 13.8. The summed E-state index contributed by atoms with van der Waals surface area (Å²) in [5.41, 5.74) is 0. The maximum atomic E-state index is 10.9. The van der Waals surface area contributed by atoms with Gasteiger partial charge in [0.1, 0.15) is 0 Å². The third-order valence-corrected chi connectivity index (χ3v) is 2.39. The fourth-order valence-corrected chi connectivity index (χ4v) is 1.33. The molecule has 0 radical (unpaired) electrons. The van der Waals surface area contributed by atoms with Gasteiger partial charge in [0.2, 0.25) is 0 Å². The van der Waals surface area contributed by atoms with Crippen LogP contribution in [-0.2, 0) is 23.5 Å². The lowest BCUT2D eigenvalue weighted by atomic mass is 10.3. The maximum absolute atomic E-state index is 10.9. The van der Waals surface area contributed by atoms with E-state index in [1.807, 2.05) is 6.92 Å². The van der Waals surface area contributed by atoms with Crippen LogP contribution in [0.4, 0.5) is 0 Å². The van der Waals surface area contributed by atoms with Gasteiger partial charge >= 0.3 is 10.4 Å². The van der Waals surface area contributed by atoms with Gasteiger partial charge in [-0.1, -0.05) is 25.8 Å². The van der Waals surface area contributed by atoms with Crippen molar-refractivity contribution in [3.63, 3.8) is 0 Å². The Morgan fingerprint density at radius 2 is 1.94 bits per heavy atom. The standard InChI is InChI=1S/C8H16O4S.C2H4O/c1-3-5-6-8-12-13(9,10)11-7-4-2;1-2-3-1/h4H,2-3,5-8H2,1H3;1-2H2. The topological polar surface area (TPSA) is 65.1 Å². The van der Waals surface area contributed by atoms with Gasteiger partial charge in [-0.15, -0.1) is 6.58 Å². The number of hydrogen-bond donors (Lipinski definition) is 0. The smallest absolute Gasteiger partial charge is 0.377 e. The van der Waals surface area contributed by atoms with Crippen LogP contribution in [0, 0.1) is 0 Å². The number of hydrogen-bond acceptors (Lipinski definition) is 5. The Morgan fingerprint density at radius 1 is 1.31 bits per heavy atom. The van der Waals surface area contributed by atoms with E-state index in [0.29, 0.717) is 0 Å². The monoisotopic (exact) mass is 252 g/mol. The maximum Gasteiger partial charge on any atom is 0.400 e. The molecule has 0 atom stereocenters. The first kappa shape index (κ1) is 15.6. The average Bonchev–Trinajstić information content (AvgIpc) is 3.09. The van der Waals surface area contributed by atoms with Gasteiger partial charge in [0.15, 0.2) is 0 Å². The summed E-state index contributed by atoms with van der Waals surface area (Å²) in [6, 6.07) is 0. The minimum Gasteiger partial charge on any atom is -0.377 e. The van der Waals surface area contributed by atoms with Crippen molar-refractivity contribution in [2.45, 2.75) is 26.2 Å². The summed E-state index contributed by atoms with van der Waals surface area (Å²) in [5, 5.41) is 0. The number of rotatable bonds is 8. The van der Waals surface area contributed by atoms with Gasteiger partial charge in [-0.25, -0.2) is 8.37 Å². The fraction of sp³-hybridized carbons (Fsp3) is 0.800. The van der Waals surface area contributed by atoms with Crippen LogP contribution < -0.4 is 0 Å². The predicted octanol–water partition coefficient (Wildman–Crippen LogP) is 1.66. The van der Waals surface area contributed by atoms with Crippen molar-refractivity contribution in [3.8, 4) is 0 Å². The molecule has 1 aliphatic rings. The lowest BCUT2D eigenvalue weighted by Crippen LogP contribution is -2.11. The summed E-state index contributed by atoms with van der Waals surface area (Å²) in [6.07, 6.45) is 4.06. The minimum atomic E-state index is -3.80. The lowest BCUT2D eigenvalue weighted by Gasteiger charge is -2.03. The van der Waals surface area contributed by atoms with Crippen molar-refractivity contribution in [1.82, 2.24) is 0 Å². The van der Waals surface area contributed by atoms with E-state index in [1.54, 1.807) is 0 Å². The molecular formula is C10H20O5S. The number of unbranched alkanes of at least 4 members (excludes halogenated alkanes) is 2. The molecule has 0 N–H and O–H groups in total. The molecule has 96 valence electrons. The molecule has 0 aromatic carbocycles. The third-order valence-electron chi connectivity index (χ3n) is 1.51. The molecule has 0 bridgehead atoms. The van der Waals surface area contributed by atoms with Gasteiger partial charge in [-0.05, 0) is 6.42 Å². The Labute approximate surface area is 97.7 Å². The average molecular weight is 252 g/mol. The Morgan fingerprint density at radius 3 is 2.38 bits per heavy atom. The van der Waals surface area contributed by atoms with Crippen molar-refractivity contribution >= 4 is 10.4 Å². The van der Waals surface area contributed by atoms with Crippen LogP contribution in [-0.4, -0.2) is 34.8 Å². The second kappa shape index (κ2) is 9.77. The quantitative estimate of drug-likeness (QED) is 0.373. The summed E-state index contributed by atoms with van der Waals surface area (Å²) in [5.74, 6) is 0. The van der Waals surface area contributed by atoms with Crippen LogP contribution in [0.1, 0.15) is 26.2 Å².